The van der Waals surface area contributed by atoms with Crippen molar-refractivity contribution >= 4 is 23.9 Å². The van der Waals surface area contributed by atoms with E-state index in [1.54, 1.807) is 60.7 Å². The van der Waals surface area contributed by atoms with Crippen molar-refractivity contribution in [2.75, 3.05) is 0 Å². The van der Waals surface area contributed by atoms with Gasteiger partial charge >= 0.3 is 23.9 Å². The second-order valence-electron chi connectivity index (χ2n) is 4.02. The highest BCUT2D eigenvalue weighted by molar-refractivity contribution is 6.31. The first-order valence-corrected chi connectivity index (χ1v) is 6.40. The molecule has 0 unspecified atom stereocenters. The number of para-hydroxylation sites is 2. The largest absolute Gasteiger partial charge is 0.473 e. The summed E-state index contributed by atoms with van der Waals surface area (Å²) in [7, 11) is 0. The number of hydrogen-bond donors (Lipinski definition) is 2. The standard InChI is InChI=1S/C14H10O4.C2H2O4/c15-13(17-11-7-3-1-4-8-11)14(16)18-12-9-5-2-6-10-12;3-1(4)2(5)6/h1-10H;(H,3,4)(H,5,6). The molecule has 0 atom stereocenters. The number of carbonyl (C=O) groups is 4. The fraction of sp³-hybridized carbons (Fsp3) is 0. The molecule has 0 aromatic heterocycles. The number of esters is 2. The van der Waals surface area contributed by atoms with Crippen LogP contribution in [0.25, 0.3) is 0 Å². The van der Waals surface area contributed by atoms with E-state index in [9.17, 15) is 9.59 Å². The van der Waals surface area contributed by atoms with Gasteiger partial charge in [0.15, 0.2) is 0 Å². The van der Waals surface area contributed by atoms with Crippen LogP contribution in [-0.4, -0.2) is 34.1 Å². The van der Waals surface area contributed by atoms with Crippen LogP contribution in [0.2, 0.25) is 0 Å². The third-order valence-corrected chi connectivity index (χ3v) is 2.26. The van der Waals surface area contributed by atoms with Crippen molar-refractivity contribution in [3.8, 4) is 11.5 Å². The Balaban J connectivity index is 0.000000413. The Labute approximate surface area is 135 Å². The zero-order chi connectivity index (χ0) is 17.9. The quantitative estimate of drug-likeness (QED) is 0.479. The van der Waals surface area contributed by atoms with E-state index >= 15 is 0 Å². The molecular formula is C16H12O8. The molecule has 0 fully saturated rings. The lowest BCUT2D eigenvalue weighted by atomic mass is 10.3. The summed E-state index contributed by atoms with van der Waals surface area (Å²) in [5.41, 5.74) is 0. The third-order valence-electron chi connectivity index (χ3n) is 2.26. The first-order chi connectivity index (χ1) is 11.4. The monoisotopic (exact) mass is 332 g/mol. The molecule has 0 amide bonds. The van der Waals surface area contributed by atoms with Crippen molar-refractivity contribution in [2.24, 2.45) is 0 Å². The lowest BCUT2D eigenvalue weighted by Gasteiger charge is -2.04. The SMILES string of the molecule is O=C(O)C(=O)O.O=C(Oc1ccccc1)C(=O)Oc1ccccc1. The number of aliphatic carboxylic acids is 2. The smallest absolute Gasteiger partial charge is 0.423 e. The normalized spacial score (nSPS) is 9.00. The van der Waals surface area contributed by atoms with Crippen molar-refractivity contribution in [3.05, 3.63) is 60.7 Å². The molecular weight excluding hydrogens is 320 g/mol. The predicted molar refractivity (Wildman–Crippen MR) is 79.4 cm³/mol. The minimum absolute atomic E-state index is 0.299. The summed E-state index contributed by atoms with van der Waals surface area (Å²) < 4.78 is 9.67. The average molecular weight is 332 g/mol. The van der Waals surface area contributed by atoms with Gasteiger partial charge in [-0.05, 0) is 24.3 Å². The minimum Gasteiger partial charge on any atom is -0.473 e. The summed E-state index contributed by atoms with van der Waals surface area (Å²) >= 11 is 0. The van der Waals surface area contributed by atoms with Gasteiger partial charge in [0.25, 0.3) is 0 Å². The lowest BCUT2D eigenvalue weighted by Crippen LogP contribution is -2.25. The van der Waals surface area contributed by atoms with Gasteiger partial charge in [-0.3, -0.25) is 0 Å². The van der Waals surface area contributed by atoms with Gasteiger partial charge < -0.3 is 19.7 Å². The van der Waals surface area contributed by atoms with Crippen molar-refractivity contribution < 1.29 is 38.9 Å². The van der Waals surface area contributed by atoms with E-state index < -0.39 is 23.9 Å². The van der Waals surface area contributed by atoms with Crippen LogP contribution >= 0.6 is 0 Å². The predicted octanol–water partition coefficient (Wildman–Crippen LogP) is 1.35. The van der Waals surface area contributed by atoms with E-state index in [4.69, 9.17) is 29.3 Å². The topological polar surface area (TPSA) is 127 Å². The van der Waals surface area contributed by atoms with Crippen LogP contribution < -0.4 is 9.47 Å². The number of rotatable bonds is 2. The highest BCUT2D eigenvalue weighted by atomic mass is 16.6. The first-order valence-electron chi connectivity index (χ1n) is 6.40. The molecule has 2 N–H and O–H groups in total. The summed E-state index contributed by atoms with van der Waals surface area (Å²) in [6.07, 6.45) is 0. The number of hydrogen-bond acceptors (Lipinski definition) is 6. The van der Waals surface area contributed by atoms with Crippen molar-refractivity contribution in [3.63, 3.8) is 0 Å². The molecule has 24 heavy (non-hydrogen) atoms. The Morgan fingerprint density at radius 2 is 0.875 bits per heavy atom. The van der Waals surface area contributed by atoms with E-state index in [1.165, 1.54) is 0 Å². The summed E-state index contributed by atoms with van der Waals surface area (Å²) in [5, 5.41) is 14.8. The fourth-order valence-electron chi connectivity index (χ4n) is 1.27. The van der Waals surface area contributed by atoms with Crippen molar-refractivity contribution in [1.82, 2.24) is 0 Å². The Kier molecular flexibility index (Phi) is 7.16. The number of carbonyl (C=O) groups excluding carboxylic acids is 2. The van der Waals surface area contributed by atoms with Gasteiger partial charge in [-0.1, -0.05) is 36.4 Å². The average Bonchev–Trinajstić information content (AvgIpc) is 2.57. The van der Waals surface area contributed by atoms with Crippen LogP contribution in [0.4, 0.5) is 0 Å². The van der Waals surface area contributed by atoms with Gasteiger partial charge in [-0.15, -0.1) is 0 Å². The molecule has 2 aromatic rings. The van der Waals surface area contributed by atoms with E-state index in [0.717, 1.165) is 0 Å². The summed E-state index contributed by atoms with van der Waals surface area (Å²) in [6.45, 7) is 0. The van der Waals surface area contributed by atoms with Crippen LogP contribution in [0.5, 0.6) is 11.5 Å². The maximum Gasteiger partial charge on any atom is 0.423 e. The van der Waals surface area contributed by atoms with Gasteiger partial charge in [0.1, 0.15) is 11.5 Å². The maximum absolute atomic E-state index is 11.4. The molecule has 0 heterocycles. The van der Waals surface area contributed by atoms with Crippen LogP contribution in [0.15, 0.2) is 60.7 Å². The van der Waals surface area contributed by atoms with Crippen molar-refractivity contribution in [1.29, 1.82) is 0 Å². The molecule has 0 aliphatic rings. The second kappa shape index (κ2) is 9.36. The van der Waals surface area contributed by atoms with E-state index in [-0.39, 0.29) is 0 Å². The zero-order valence-electron chi connectivity index (χ0n) is 12.1. The first kappa shape index (κ1) is 18.4. The highest BCUT2D eigenvalue weighted by Gasteiger charge is 2.18. The molecule has 8 heteroatoms. The summed E-state index contributed by atoms with van der Waals surface area (Å²) in [4.78, 5) is 41.0. The number of ether oxygens (including phenoxy) is 2. The van der Waals surface area contributed by atoms with Gasteiger partial charge in [0.05, 0.1) is 0 Å². The maximum atomic E-state index is 11.4. The summed E-state index contributed by atoms with van der Waals surface area (Å²) in [5.74, 6) is -5.15. The van der Waals surface area contributed by atoms with Gasteiger partial charge in [-0.25, -0.2) is 19.2 Å². The van der Waals surface area contributed by atoms with Gasteiger partial charge in [0.2, 0.25) is 0 Å². The molecule has 8 nitrogen and oxygen atoms in total. The highest BCUT2D eigenvalue weighted by Crippen LogP contribution is 2.11. The molecule has 0 saturated carbocycles. The fourth-order valence-corrected chi connectivity index (χ4v) is 1.27. The Morgan fingerprint density at radius 1 is 0.583 bits per heavy atom. The molecule has 0 bridgehead atoms. The number of carboxylic acid groups (broad SMARTS) is 2. The second-order valence-corrected chi connectivity index (χ2v) is 4.02. The molecule has 0 radical (unpaired) electrons. The Morgan fingerprint density at radius 3 is 1.12 bits per heavy atom. The number of benzene rings is 2. The van der Waals surface area contributed by atoms with Crippen LogP contribution in [0.1, 0.15) is 0 Å². The Hall–Kier alpha value is -3.68. The summed E-state index contributed by atoms with van der Waals surface area (Å²) in [6, 6.07) is 16.7. The number of carboxylic acids is 2. The molecule has 0 saturated heterocycles. The van der Waals surface area contributed by atoms with E-state index in [1.807, 2.05) is 0 Å². The van der Waals surface area contributed by atoms with E-state index in [2.05, 4.69) is 0 Å². The van der Waals surface area contributed by atoms with Crippen molar-refractivity contribution in [2.45, 2.75) is 0 Å². The molecule has 2 rings (SSSR count). The molecule has 124 valence electrons. The van der Waals surface area contributed by atoms with Crippen LogP contribution in [0, 0.1) is 0 Å². The molecule has 0 aliphatic heterocycles. The molecule has 2 aromatic carbocycles. The Bertz CT molecular complexity index is 646. The van der Waals surface area contributed by atoms with Gasteiger partial charge in [0, 0.05) is 0 Å². The van der Waals surface area contributed by atoms with Gasteiger partial charge in [-0.2, -0.15) is 0 Å². The minimum atomic E-state index is -1.82. The van der Waals surface area contributed by atoms with Crippen LogP contribution in [0.3, 0.4) is 0 Å². The lowest BCUT2D eigenvalue weighted by molar-refractivity contribution is -0.159. The molecule has 0 aliphatic carbocycles. The molecule has 0 spiro atoms. The van der Waals surface area contributed by atoms with Crippen LogP contribution in [-0.2, 0) is 19.2 Å². The van der Waals surface area contributed by atoms with E-state index in [0.29, 0.717) is 11.5 Å². The third kappa shape index (κ3) is 6.85. The zero-order valence-corrected chi connectivity index (χ0v) is 12.1.